The number of aryl methyl sites for hydroxylation is 1. The number of aromatic nitrogens is 2. The minimum absolute atomic E-state index is 0. The molecule has 5 rings (SSSR count). The lowest BCUT2D eigenvalue weighted by Gasteiger charge is -2.21. The fourth-order valence-corrected chi connectivity index (χ4v) is 5.27. The molecular weight excluding hydrogens is 551 g/mol. The minimum Gasteiger partial charge on any atom is -0.336 e. The molecule has 6 nitrogen and oxygen atoms in total. The summed E-state index contributed by atoms with van der Waals surface area (Å²) in [5.41, 5.74) is 5.43. The SMILES string of the molecule is Cl.Cl.Cn1cncc1C(NCc1ccc(S(C)(=O)=O)cc1)c1ccc(C#N)c(-c2cccc3ccccc23)c1. The standard InChI is InChI=1S/C30H26N4O2S.2ClH/c1-34-20-32-19-29(34)30(33-18-21-10-14-25(15-11-21)37(2,35)36)23-12-13-24(17-31)28(16-23)27-9-5-7-22-6-3-4-8-26(22)27;;/h3-16,19-20,30,33H,18H2,1-2H3;2*1H. The third kappa shape index (κ3) is 6.32. The molecule has 200 valence electrons. The first kappa shape index (κ1) is 29.9. The van der Waals surface area contributed by atoms with E-state index in [1.165, 1.54) is 6.26 Å². The average molecular weight is 580 g/mol. The smallest absolute Gasteiger partial charge is 0.175 e. The monoisotopic (exact) mass is 578 g/mol. The summed E-state index contributed by atoms with van der Waals surface area (Å²) in [7, 11) is -1.30. The molecule has 0 aliphatic rings. The molecule has 39 heavy (non-hydrogen) atoms. The molecule has 0 aliphatic carbocycles. The van der Waals surface area contributed by atoms with Crippen LogP contribution < -0.4 is 5.32 Å². The number of imidazole rings is 1. The van der Waals surface area contributed by atoms with Gasteiger partial charge in [-0.2, -0.15) is 5.26 Å². The zero-order valence-corrected chi connectivity index (χ0v) is 23.9. The number of halogens is 2. The zero-order valence-electron chi connectivity index (χ0n) is 21.4. The molecule has 9 heteroatoms. The van der Waals surface area contributed by atoms with Crippen LogP contribution in [0.25, 0.3) is 21.9 Å². The first-order valence-corrected chi connectivity index (χ1v) is 13.7. The molecule has 5 aromatic rings. The Morgan fingerprint density at radius 2 is 1.67 bits per heavy atom. The Labute approximate surface area is 241 Å². The quantitative estimate of drug-likeness (QED) is 0.247. The van der Waals surface area contributed by atoms with Crippen molar-refractivity contribution in [3.63, 3.8) is 0 Å². The molecule has 1 N–H and O–H groups in total. The topological polar surface area (TPSA) is 87.8 Å². The van der Waals surface area contributed by atoms with Gasteiger partial charge in [0.2, 0.25) is 0 Å². The number of nitrogens with zero attached hydrogens (tertiary/aromatic N) is 3. The molecule has 0 saturated heterocycles. The number of fused-ring (bicyclic) bond motifs is 1. The summed E-state index contributed by atoms with van der Waals surface area (Å²) in [5.74, 6) is 0. The average Bonchev–Trinajstić information content (AvgIpc) is 3.33. The molecule has 0 bridgehead atoms. The first-order valence-electron chi connectivity index (χ1n) is 11.9. The highest BCUT2D eigenvalue weighted by molar-refractivity contribution is 7.90. The van der Waals surface area contributed by atoms with Gasteiger partial charge in [0, 0.05) is 25.4 Å². The number of nitrogens with one attached hydrogen (secondary N) is 1. The molecule has 1 aromatic heterocycles. The van der Waals surface area contributed by atoms with Gasteiger partial charge in [-0.25, -0.2) is 13.4 Å². The summed E-state index contributed by atoms with van der Waals surface area (Å²) < 4.78 is 25.6. The fourth-order valence-electron chi connectivity index (χ4n) is 4.64. The van der Waals surface area contributed by atoms with Crippen molar-refractivity contribution in [3.8, 4) is 17.2 Å². The van der Waals surface area contributed by atoms with E-state index in [0.717, 1.165) is 38.7 Å². The van der Waals surface area contributed by atoms with E-state index < -0.39 is 9.84 Å². The van der Waals surface area contributed by atoms with Crippen molar-refractivity contribution in [2.75, 3.05) is 6.26 Å². The van der Waals surface area contributed by atoms with Crippen LogP contribution >= 0.6 is 24.8 Å². The van der Waals surface area contributed by atoms with Gasteiger partial charge in [0.15, 0.2) is 9.84 Å². The van der Waals surface area contributed by atoms with Crippen molar-refractivity contribution in [2.45, 2.75) is 17.5 Å². The van der Waals surface area contributed by atoms with Gasteiger partial charge in [0.25, 0.3) is 0 Å². The van der Waals surface area contributed by atoms with Crippen LogP contribution in [0.1, 0.15) is 28.4 Å². The van der Waals surface area contributed by atoms with Crippen LogP contribution in [0.5, 0.6) is 0 Å². The molecule has 0 amide bonds. The summed E-state index contributed by atoms with van der Waals surface area (Å²) in [6.07, 6.45) is 4.80. The second-order valence-electron chi connectivity index (χ2n) is 9.10. The lowest BCUT2D eigenvalue weighted by Crippen LogP contribution is -2.24. The summed E-state index contributed by atoms with van der Waals surface area (Å²) in [6.45, 7) is 0.517. The first-order chi connectivity index (χ1) is 17.8. The predicted octanol–water partition coefficient (Wildman–Crippen LogP) is 6.24. The van der Waals surface area contributed by atoms with Crippen molar-refractivity contribution in [3.05, 3.63) is 120 Å². The maximum atomic E-state index is 11.8. The minimum atomic E-state index is -3.25. The van der Waals surface area contributed by atoms with Gasteiger partial charge >= 0.3 is 0 Å². The Morgan fingerprint density at radius 3 is 2.33 bits per heavy atom. The second kappa shape index (κ2) is 12.5. The van der Waals surface area contributed by atoms with Gasteiger partial charge < -0.3 is 9.88 Å². The van der Waals surface area contributed by atoms with E-state index in [4.69, 9.17) is 0 Å². The van der Waals surface area contributed by atoms with Gasteiger partial charge in [0.1, 0.15) is 0 Å². The van der Waals surface area contributed by atoms with E-state index in [0.29, 0.717) is 17.0 Å². The zero-order chi connectivity index (χ0) is 26.0. The number of rotatable bonds is 7. The van der Waals surface area contributed by atoms with Crippen LogP contribution in [0, 0.1) is 11.3 Å². The largest absolute Gasteiger partial charge is 0.336 e. The Kier molecular flexibility index (Phi) is 9.54. The highest BCUT2D eigenvalue weighted by atomic mass is 35.5. The Balaban J connectivity index is 0.00000210. The van der Waals surface area contributed by atoms with Crippen molar-refractivity contribution in [1.82, 2.24) is 14.9 Å². The fraction of sp³-hybridized carbons (Fsp3) is 0.133. The molecule has 0 spiro atoms. The van der Waals surface area contributed by atoms with E-state index in [-0.39, 0.29) is 30.9 Å². The van der Waals surface area contributed by atoms with Gasteiger partial charge in [-0.1, -0.05) is 60.7 Å². The van der Waals surface area contributed by atoms with Gasteiger partial charge in [-0.05, 0) is 51.7 Å². The van der Waals surface area contributed by atoms with Crippen LogP contribution in [-0.4, -0.2) is 24.2 Å². The molecule has 0 saturated carbocycles. The van der Waals surface area contributed by atoms with Crippen molar-refractivity contribution < 1.29 is 8.42 Å². The van der Waals surface area contributed by atoms with E-state index >= 15 is 0 Å². The van der Waals surface area contributed by atoms with E-state index in [2.05, 4.69) is 46.7 Å². The van der Waals surface area contributed by atoms with Crippen molar-refractivity contribution >= 4 is 45.4 Å². The number of hydrogen-bond donors (Lipinski definition) is 1. The van der Waals surface area contributed by atoms with Crippen molar-refractivity contribution in [2.24, 2.45) is 7.05 Å². The lowest BCUT2D eigenvalue weighted by molar-refractivity contribution is 0.573. The van der Waals surface area contributed by atoms with Crippen LogP contribution in [-0.2, 0) is 23.4 Å². The lowest BCUT2D eigenvalue weighted by atomic mass is 9.91. The molecule has 0 radical (unpaired) electrons. The molecule has 1 atom stereocenters. The highest BCUT2D eigenvalue weighted by Gasteiger charge is 2.20. The van der Waals surface area contributed by atoms with E-state index in [9.17, 15) is 13.7 Å². The molecule has 0 aliphatic heterocycles. The van der Waals surface area contributed by atoms with Crippen LogP contribution in [0.3, 0.4) is 0 Å². The summed E-state index contributed by atoms with van der Waals surface area (Å²) in [5, 5.41) is 15.7. The van der Waals surface area contributed by atoms with E-state index in [1.54, 1.807) is 18.5 Å². The van der Waals surface area contributed by atoms with Crippen LogP contribution in [0.2, 0.25) is 0 Å². The Morgan fingerprint density at radius 1 is 0.949 bits per heavy atom. The predicted molar refractivity (Wildman–Crippen MR) is 160 cm³/mol. The van der Waals surface area contributed by atoms with Crippen LogP contribution in [0.15, 0.2) is 102 Å². The van der Waals surface area contributed by atoms with Gasteiger partial charge in [-0.3, -0.25) is 0 Å². The summed E-state index contributed by atoms with van der Waals surface area (Å²) in [4.78, 5) is 4.62. The third-order valence-electron chi connectivity index (χ3n) is 6.59. The maximum absolute atomic E-state index is 11.8. The Bertz CT molecular complexity index is 1740. The Hall–Kier alpha value is -3.67. The number of sulfone groups is 1. The second-order valence-corrected chi connectivity index (χ2v) is 11.1. The van der Waals surface area contributed by atoms with Gasteiger partial charge in [0.05, 0.1) is 40.8 Å². The van der Waals surface area contributed by atoms with E-state index in [1.807, 2.05) is 60.3 Å². The van der Waals surface area contributed by atoms with Gasteiger partial charge in [-0.15, -0.1) is 24.8 Å². The number of nitriles is 1. The summed E-state index contributed by atoms with van der Waals surface area (Å²) in [6, 6.07) is 29.3. The third-order valence-corrected chi connectivity index (χ3v) is 7.72. The molecule has 0 fully saturated rings. The number of hydrogen-bond acceptors (Lipinski definition) is 5. The maximum Gasteiger partial charge on any atom is 0.175 e. The molecule has 1 unspecified atom stereocenters. The normalized spacial score (nSPS) is 11.7. The number of benzene rings is 4. The molecule has 1 heterocycles. The molecule has 4 aromatic carbocycles. The molecular formula is C30H28Cl2N4O2S. The van der Waals surface area contributed by atoms with Crippen LogP contribution in [0.4, 0.5) is 0 Å². The van der Waals surface area contributed by atoms with Crippen molar-refractivity contribution in [1.29, 1.82) is 5.26 Å². The highest BCUT2D eigenvalue weighted by Crippen LogP contribution is 2.34. The summed E-state index contributed by atoms with van der Waals surface area (Å²) >= 11 is 0.